The van der Waals surface area contributed by atoms with Crippen molar-refractivity contribution in [2.24, 2.45) is 11.8 Å². The number of carbonyl (C=O) groups excluding carboxylic acids is 3. The molecule has 5 rings (SSSR count). The second-order valence-corrected chi connectivity index (χ2v) is 16.2. The summed E-state index contributed by atoms with van der Waals surface area (Å²) in [4.78, 5) is 48.4. The van der Waals surface area contributed by atoms with Crippen molar-refractivity contribution in [1.29, 1.82) is 0 Å². The van der Waals surface area contributed by atoms with Gasteiger partial charge in [-0.2, -0.15) is 0 Å². The zero-order valence-electron chi connectivity index (χ0n) is 32.3. The summed E-state index contributed by atoms with van der Waals surface area (Å²) in [7, 11) is 0. The number of rotatable bonds is 11. The van der Waals surface area contributed by atoms with E-state index >= 15 is 8.78 Å². The minimum atomic E-state index is -1.56. The Morgan fingerprint density at radius 2 is 1.67 bits per heavy atom. The molecule has 15 heteroatoms. The molecular formula is C40H52F3N5O7. The Morgan fingerprint density at radius 3 is 2.31 bits per heavy atom. The monoisotopic (exact) mass is 771 g/mol. The lowest BCUT2D eigenvalue weighted by atomic mass is 9.88. The molecule has 0 bridgehead atoms. The van der Waals surface area contributed by atoms with E-state index in [1.165, 1.54) is 9.80 Å². The van der Waals surface area contributed by atoms with Crippen LogP contribution in [0.25, 0.3) is 11.3 Å². The maximum atomic E-state index is 16.1. The van der Waals surface area contributed by atoms with Crippen molar-refractivity contribution >= 4 is 18.1 Å². The molecule has 55 heavy (non-hydrogen) atoms. The van der Waals surface area contributed by atoms with Crippen LogP contribution in [0.15, 0.2) is 54.7 Å². The van der Waals surface area contributed by atoms with Crippen LogP contribution in [0.4, 0.5) is 22.8 Å². The first kappa shape index (κ1) is 41.5. The quantitative estimate of drug-likeness (QED) is 0.233. The van der Waals surface area contributed by atoms with E-state index in [1.54, 1.807) is 52.3 Å². The molecule has 2 saturated heterocycles. The lowest BCUT2D eigenvalue weighted by Gasteiger charge is -2.41. The van der Waals surface area contributed by atoms with Crippen LogP contribution in [-0.2, 0) is 25.5 Å². The number of likely N-dealkylation sites (tertiary alicyclic amines) is 1. The molecule has 2 fully saturated rings. The Kier molecular flexibility index (Phi) is 13.2. The zero-order valence-corrected chi connectivity index (χ0v) is 32.3. The Labute approximate surface area is 319 Å². The van der Waals surface area contributed by atoms with Gasteiger partial charge in [0.15, 0.2) is 0 Å². The predicted octanol–water partition coefficient (Wildman–Crippen LogP) is 6.26. The number of hydrogen-bond acceptors (Lipinski definition) is 8. The third kappa shape index (κ3) is 11.0. The van der Waals surface area contributed by atoms with Gasteiger partial charge in [-0.05, 0) is 84.1 Å². The number of aromatic nitrogens is 2. The molecule has 2 aliphatic heterocycles. The molecule has 1 aromatic heterocycles. The lowest BCUT2D eigenvalue weighted by molar-refractivity contribution is -0.140. The van der Waals surface area contributed by atoms with E-state index in [4.69, 9.17) is 19.2 Å². The molecule has 3 aromatic rings. The van der Waals surface area contributed by atoms with Crippen molar-refractivity contribution in [3.8, 4) is 11.3 Å². The molecule has 3 heterocycles. The first-order valence-electron chi connectivity index (χ1n) is 18.6. The number of aliphatic hydroxyl groups excluding tert-OH is 1. The molecule has 0 radical (unpaired) electrons. The fourth-order valence-electron chi connectivity index (χ4n) is 6.94. The van der Waals surface area contributed by atoms with Gasteiger partial charge >= 0.3 is 12.2 Å². The van der Waals surface area contributed by atoms with Gasteiger partial charge in [-0.1, -0.05) is 30.3 Å². The first-order chi connectivity index (χ1) is 25.9. The molecule has 12 nitrogen and oxygen atoms in total. The number of ether oxygens (including phenoxy) is 3. The maximum Gasteiger partial charge on any atom is 0.410 e. The highest BCUT2D eigenvalue weighted by atomic mass is 19.1. The molecule has 2 N–H and O–H groups in total. The van der Waals surface area contributed by atoms with E-state index < -0.39 is 71.7 Å². The minimum absolute atomic E-state index is 0.0815. The summed E-state index contributed by atoms with van der Waals surface area (Å²) in [5.74, 6) is -3.07. The molecule has 300 valence electrons. The summed E-state index contributed by atoms with van der Waals surface area (Å²) < 4.78 is 64.3. The maximum absolute atomic E-state index is 16.1. The number of carbonyl (C=O) groups is 3. The van der Waals surface area contributed by atoms with Crippen LogP contribution in [0.3, 0.4) is 0 Å². The number of alkyl carbamates (subject to hydrolysis) is 1. The molecule has 2 aromatic carbocycles. The summed E-state index contributed by atoms with van der Waals surface area (Å²) in [6, 6.07) is 9.97. The number of alkyl halides is 1. The molecule has 0 saturated carbocycles. The number of benzene rings is 2. The average Bonchev–Trinajstić information content (AvgIpc) is 3.69. The van der Waals surface area contributed by atoms with Crippen molar-refractivity contribution < 1.29 is 46.9 Å². The SMILES string of the molecule is CC(C)(C)OC(=O)NC(CO)C(=O)N(CC1CN(C(=O)OC(C)(C)C)CC1F)C(c1nc(-c2cc(F)ccc2F)cn1Cc1ccccc1)C1CCOCC1. The first-order valence-corrected chi connectivity index (χ1v) is 18.6. The van der Waals surface area contributed by atoms with Gasteiger partial charge in [-0.15, -0.1) is 0 Å². The van der Waals surface area contributed by atoms with Gasteiger partial charge in [0.2, 0.25) is 5.91 Å². The molecule has 0 aliphatic carbocycles. The lowest BCUT2D eigenvalue weighted by Crippen LogP contribution is -2.55. The Hall–Kier alpha value is -4.63. The van der Waals surface area contributed by atoms with Gasteiger partial charge < -0.3 is 39.0 Å². The van der Waals surface area contributed by atoms with Crippen molar-refractivity contribution in [3.05, 3.63) is 77.8 Å². The Bertz CT molecular complexity index is 1790. The van der Waals surface area contributed by atoms with Crippen molar-refractivity contribution in [2.75, 3.05) is 39.5 Å². The highest BCUT2D eigenvalue weighted by Crippen LogP contribution is 2.39. The van der Waals surface area contributed by atoms with Crippen LogP contribution in [0.2, 0.25) is 0 Å². The topological polar surface area (TPSA) is 135 Å². The summed E-state index contributed by atoms with van der Waals surface area (Å²) in [6.45, 7) is 9.56. The number of amides is 3. The molecule has 0 spiro atoms. The van der Waals surface area contributed by atoms with E-state index in [0.717, 1.165) is 23.8 Å². The number of halogens is 3. The second-order valence-electron chi connectivity index (χ2n) is 16.2. The van der Waals surface area contributed by atoms with Crippen molar-refractivity contribution in [1.82, 2.24) is 24.7 Å². The Morgan fingerprint density at radius 1 is 1.00 bits per heavy atom. The van der Waals surface area contributed by atoms with Gasteiger partial charge in [0, 0.05) is 50.5 Å². The smallest absolute Gasteiger partial charge is 0.410 e. The summed E-state index contributed by atoms with van der Waals surface area (Å²) in [5.41, 5.74) is -0.877. The van der Waals surface area contributed by atoms with Crippen LogP contribution in [0, 0.1) is 23.5 Å². The molecule has 3 amide bonds. The van der Waals surface area contributed by atoms with E-state index in [0.29, 0.717) is 31.9 Å². The van der Waals surface area contributed by atoms with E-state index in [2.05, 4.69) is 5.32 Å². The van der Waals surface area contributed by atoms with Crippen LogP contribution >= 0.6 is 0 Å². The highest BCUT2D eigenvalue weighted by Gasteiger charge is 2.45. The van der Waals surface area contributed by atoms with E-state index in [-0.39, 0.29) is 43.4 Å². The van der Waals surface area contributed by atoms with Crippen molar-refractivity contribution in [3.63, 3.8) is 0 Å². The molecule has 4 atom stereocenters. The van der Waals surface area contributed by atoms with Crippen LogP contribution in [-0.4, -0.2) is 105 Å². The zero-order chi connectivity index (χ0) is 40.1. The van der Waals surface area contributed by atoms with Crippen LogP contribution in [0.1, 0.15) is 71.8 Å². The van der Waals surface area contributed by atoms with Gasteiger partial charge in [0.05, 0.1) is 24.9 Å². The fraction of sp³-hybridized carbons (Fsp3) is 0.550. The third-order valence-electron chi connectivity index (χ3n) is 9.42. The van der Waals surface area contributed by atoms with Gasteiger partial charge in [0.25, 0.3) is 0 Å². The summed E-state index contributed by atoms with van der Waals surface area (Å²) in [5, 5.41) is 13.0. The normalized spacial score (nSPS) is 19.1. The highest BCUT2D eigenvalue weighted by molar-refractivity contribution is 5.86. The second kappa shape index (κ2) is 17.4. The van der Waals surface area contributed by atoms with Gasteiger partial charge in [-0.25, -0.2) is 27.7 Å². The standard InChI is InChI=1S/C40H52F3N5O7/c1-39(2,3)54-37(51)45-33(24-49)36(50)48(21-27-20-47(22-31(27)43)38(52)55-40(4,5)6)34(26-14-16-53-17-15-26)35-44-32(29-18-28(41)12-13-30(29)42)23-46(35)19-25-10-8-7-9-11-25/h7-13,18,23,26-27,31,33-34,49H,14-17,19-22,24H2,1-6H3,(H,45,51). The summed E-state index contributed by atoms with van der Waals surface area (Å²) >= 11 is 0. The number of hydrogen-bond donors (Lipinski definition) is 2. The van der Waals surface area contributed by atoms with Gasteiger partial charge in [0.1, 0.15) is 40.9 Å². The number of nitrogens with zero attached hydrogens (tertiary/aromatic N) is 4. The summed E-state index contributed by atoms with van der Waals surface area (Å²) in [6.07, 6.45) is -0.713. The molecule has 4 unspecified atom stereocenters. The van der Waals surface area contributed by atoms with E-state index in [1.807, 2.05) is 30.3 Å². The molecular weight excluding hydrogens is 719 g/mol. The Balaban J connectivity index is 1.64. The fourth-order valence-corrected chi connectivity index (χ4v) is 6.94. The predicted molar refractivity (Wildman–Crippen MR) is 198 cm³/mol. The number of aliphatic hydroxyl groups is 1. The number of imidazole rings is 1. The van der Waals surface area contributed by atoms with Crippen molar-refractivity contribution in [2.45, 2.75) is 90.4 Å². The van der Waals surface area contributed by atoms with E-state index in [9.17, 15) is 23.9 Å². The number of nitrogens with one attached hydrogen (secondary N) is 1. The third-order valence-corrected chi connectivity index (χ3v) is 9.42. The largest absolute Gasteiger partial charge is 0.444 e. The van der Waals surface area contributed by atoms with Gasteiger partial charge in [-0.3, -0.25) is 4.79 Å². The minimum Gasteiger partial charge on any atom is -0.444 e. The van der Waals surface area contributed by atoms with Crippen LogP contribution < -0.4 is 5.32 Å². The average molecular weight is 772 g/mol. The molecule has 2 aliphatic rings. The van der Waals surface area contributed by atoms with Crippen LogP contribution in [0.5, 0.6) is 0 Å².